The van der Waals surface area contributed by atoms with E-state index in [1.807, 2.05) is 4.90 Å². The van der Waals surface area contributed by atoms with Crippen molar-refractivity contribution in [1.29, 1.82) is 0 Å². The normalized spacial score (nSPS) is 18.1. The summed E-state index contributed by atoms with van der Waals surface area (Å²) in [4.78, 5) is 8.86. The summed E-state index contributed by atoms with van der Waals surface area (Å²) in [6.45, 7) is 1.33. The fourth-order valence-electron chi connectivity index (χ4n) is 3.34. The van der Waals surface area contributed by atoms with Crippen molar-refractivity contribution >= 4 is 26.8 Å². The van der Waals surface area contributed by atoms with Crippen molar-refractivity contribution in [1.82, 2.24) is 9.97 Å². The number of aromatic nitrogens is 2. The highest BCUT2D eigenvalue weighted by Gasteiger charge is 2.36. The van der Waals surface area contributed by atoms with Crippen LogP contribution in [-0.4, -0.2) is 50.0 Å². The molecule has 1 aromatic heterocycles. The van der Waals surface area contributed by atoms with Crippen LogP contribution < -0.4 is 4.90 Å². The molecule has 0 saturated carbocycles. The van der Waals surface area contributed by atoms with Crippen molar-refractivity contribution in [2.75, 3.05) is 30.3 Å². The molecule has 1 saturated heterocycles. The van der Waals surface area contributed by atoms with E-state index >= 15 is 0 Å². The lowest BCUT2D eigenvalue weighted by Gasteiger charge is -2.33. The topological polar surface area (TPSA) is 75.3 Å². The van der Waals surface area contributed by atoms with Gasteiger partial charge in [-0.1, -0.05) is 12.1 Å². The zero-order valence-corrected chi connectivity index (χ0v) is 16.3. The molecule has 160 valence electrons. The molecule has 2 aromatic carbocycles. The van der Waals surface area contributed by atoms with Crippen molar-refractivity contribution in [3.05, 3.63) is 53.8 Å². The maximum absolute atomic E-state index is 13.1. The molecule has 11 heteroatoms. The predicted octanol–water partition coefficient (Wildman–Crippen LogP) is 3.62. The maximum Gasteiger partial charge on any atom is 0.403 e. The quantitative estimate of drug-likeness (QED) is 0.624. The van der Waals surface area contributed by atoms with Crippen LogP contribution in [0.25, 0.3) is 11.0 Å². The molecule has 1 aliphatic heterocycles. The molecule has 1 fully saturated rings. The third-order valence-corrected chi connectivity index (χ3v) is 6.44. The summed E-state index contributed by atoms with van der Waals surface area (Å²) in [5.41, 5.74) is 1.55. The summed E-state index contributed by atoms with van der Waals surface area (Å²) in [7, 11) is -4.51. The largest absolute Gasteiger partial charge is 0.403 e. The summed E-state index contributed by atoms with van der Waals surface area (Å²) in [5.74, 6) is -1.82. The third kappa shape index (κ3) is 4.41. The summed E-state index contributed by atoms with van der Waals surface area (Å²) in [6.07, 6.45) is -5.13. The van der Waals surface area contributed by atoms with Gasteiger partial charge in [0.2, 0.25) is 5.95 Å². The lowest BCUT2D eigenvalue weighted by Crippen LogP contribution is -2.39. The van der Waals surface area contributed by atoms with Gasteiger partial charge in [-0.25, -0.2) is 17.8 Å². The van der Waals surface area contributed by atoms with Gasteiger partial charge >= 0.3 is 6.18 Å². The minimum Gasteiger partial charge on any atom is -0.370 e. The van der Waals surface area contributed by atoms with Gasteiger partial charge in [-0.3, -0.25) is 0 Å². The number of ether oxygens (including phenoxy) is 1. The predicted molar refractivity (Wildman–Crippen MR) is 102 cm³/mol. The van der Waals surface area contributed by atoms with E-state index in [-0.39, 0.29) is 11.9 Å². The Balaban J connectivity index is 1.58. The number of sulfone groups is 1. The van der Waals surface area contributed by atoms with Gasteiger partial charge in [0.1, 0.15) is 11.9 Å². The first kappa shape index (κ1) is 20.6. The number of benzene rings is 2. The number of rotatable bonds is 4. The Morgan fingerprint density at radius 3 is 2.60 bits per heavy atom. The molecule has 2 heterocycles. The lowest BCUT2D eigenvalue weighted by atomic mass is 10.1. The molecule has 1 atom stereocenters. The van der Waals surface area contributed by atoms with Crippen LogP contribution >= 0.6 is 0 Å². The van der Waals surface area contributed by atoms with Crippen LogP contribution in [0.4, 0.5) is 23.5 Å². The lowest BCUT2D eigenvalue weighted by molar-refractivity contribution is -0.106. The van der Waals surface area contributed by atoms with Crippen molar-refractivity contribution in [3.63, 3.8) is 0 Å². The number of halogens is 4. The number of H-pyrrole nitrogens is 1. The van der Waals surface area contributed by atoms with Crippen LogP contribution in [0.2, 0.25) is 0 Å². The molecule has 0 radical (unpaired) electrons. The summed E-state index contributed by atoms with van der Waals surface area (Å²) >= 11 is 0. The van der Waals surface area contributed by atoms with E-state index in [0.29, 0.717) is 36.7 Å². The number of nitrogens with zero attached hydrogens (tertiary/aromatic N) is 2. The molecule has 3 aromatic rings. The van der Waals surface area contributed by atoms with Gasteiger partial charge in [0, 0.05) is 6.54 Å². The number of anilines is 1. The molecular formula is C19H17F4N3O3S. The summed E-state index contributed by atoms with van der Waals surface area (Å²) in [5, 5.41) is 0. The highest BCUT2D eigenvalue weighted by Crippen LogP contribution is 2.28. The van der Waals surface area contributed by atoms with Crippen LogP contribution in [0.3, 0.4) is 0 Å². The minimum atomic E-state index is -4.82. The SMILES string of the molecule is O=S(=O)(CC(F)(F)F)c1ccc2nc(N3CCOC(c4ccc(F)cc4)C3)[nH]c2c1. The molecule has 30 heavy (non-hydrogen) atoms. The first-order chi connectivity index (χ1) is 14.1. The van der Waals surface area contributed by atoms with Gasteiger partial charge < -0.3 is 14.6 Å². The van der Waals surface area contributed by atoms with Crippen LogP contribution in [-0.2, 0) is 14.6 Å². The molecule has 0 spiro atoms. The van der Waals surface area contributed by atoms with Crippen LogP contribution in [0, 0.1) is 5.82 Å². The third-order valence-electron chi connectivity index (χ3n) is 4.76. The highest BCUT2D eigenvalue weighted by atomic mass is 32.2. The number of nitrogens with one attached hydrogen (secondary N) is 1. The van der Waals surface area contributed by atoms with Gasteiger partial charge in [0.15, 0.2) is 15.6 Å². The zero-order valence-electron chi connectivity index (χ0n) is 15.5. The number of morpholine rings is 1. The average Bonchev–Trinajstić information content (AvgIpc) is 3.10. The second-order valence-electron chi connectivity index (χ2n) is 6.97. The standard InChI is InChI=1S/C19H17F4N3O3S/c20-13-3-1-12(2-4-13)17-10-26(7-8-29-17)18-24-15-6-5-14(9-16(15)25-18)30(27,28)11-19(21,22)23/h1-6,9,17H,7-8,10-11H2,(H,24,25). The van der Waals surface area contributed by atoms with Gasteiger partial charge in [0.25, 0.3) is 0 Å². The molecule has 1 unspecified atom stereocenters. The monoisotopic (exact) mass is 443 g/mol. The molecular weight excluding hydrogens is 426 g/mol. The Morgan fingerprint density at radius 1 is 1.17 bits per heavy atom. The maximum atomic E-state index is 13.1. The van der Waals surface area contributed by atoms with E-state index in [4.69, 9.17) is 4.74 Å². The number of hydrogen-bond acceptors (Lipinski definition) is 5. The summed E-state index contributed by atoms with van der Waals surface area (Å²) < 4.78 is 80.6. The second-order valence-corrected chi connectivity index (χ2v) is 8.96. The number of fused-ring (bicyclic) bond motifs is 1. The smallest absolute Gasteiger partial charge is 0.370 e. The molecule has 1 N–H and O–H groups in total. The Morgan fingerprint density at radius 2 is 1.90 bits per heavy atom. The highest BCUT2D eigenvalue weighted by molar-refractivity contribution is 7.91. The van der Waals surface area contributed by atoms with E-state index in [2.05, 4.69) is 9.97 Å². The van der Waals surface area contributed by atoms with Crippen LogP contribution in [0.15, 0.2) is 47.4 Å². The van der Waals surface area contributed by atoms with Gasteiger partial charge in [-0.05, 0) is 35.9 Å². The Hall–Kier alpha value is -2.66. The van der Waals surface area contributed by atoms with E-state index in [0.717, 1.165) is 17.7 Å². The van der Waals surface area contributed by atoms with E-state index in [9.17, 15) is 26.0 Å². The number of imidazole rings is 1. The van der Waals surface area contributed by atoms with Gasteiger partial charge in [-0.15, -0.1) is 0 Å². The van der Waals surface area contributed by atoms with Crippen molar-refractivity contribution in [2.24, 2.45) is 0 Å². The van der Waals surface area contributed by atoms with Crippen molar-refractivity contribution in [2.45, 2.75) is 17.2 Å². The number of alkyl halides is 3. The zero-order chi connectivity index (χ0) is 21.5. The molecule has 0 amide bonds. The molecule has 1 aliphatic rings. The van der Waals surface area contributed by atoms with E-state index in [1.165, 1.54) is 18.2 Å². The van der Waals surface area contributed by atoms with Gasteiger partial charge in [-0.2, -0.15) is 13.2 Å². The van der Waals surface area contributed by atoms with E-state index in [1.54, 1.807) is 12.1 Å². The Kier molecular flexibility index (Phi) is 5.18. The molecule has 0 bridgehead atoms. The first-order valence-electron chi connectivity index (χ1n) is 9.02. The molecule has 6 nitrogen and oxygen atoms in total. The van der Waals surface area contributed by atoms with E-state index < -0.39 is 26.7 Å². The van der Waals surface area contributed by atoms with Gasteiger partial charge in [0.05, 0.1) is 29.1 Å². The molecule has 0 aliphatic carbocycles. The van der Waals surface area contributed by atoms with Crippen molar-refractivity contribution < 1.29 is 30.7 Å². The fraction of sp³-hybridized carbons (Fsp3) is 0.316. The number of hydrogen-bond donors (Lipinski definition) is 1. The second kappa shape index (κ2) is 7.55. The average molecular weight is 443 g/mol. The first-order valence-corrected chi connectivity index (χ1v) is 10.7. The van der Waals surface area contributed by atoms with Crippen LogP contribution in [0.5, 0.6) is 0 Å². The van der Waals surface area contributed by atoms with Crippen molar-refractivity contribution in [3.8, 4) is 0 Å². The minimum absolute atomic E-state index is 0.310. The fourth-order valence-corrected chi connectivity index (χ4v) is 4.51. The Bertz CT molecular complexity index is 1160. The molecule has 4 rings (SSSR count). The Labute approximate surface area is 169 Å². The number of aromatic amines is 1. The summed E-state index contributed by atoms with van der Waals surface area (Å²) in [6, 6.07) is 9.62. The van der Waals surface area contributed by atoms with Crippen LogP contribution in [0.1, 0.15) is 11.7 Å².